The number of likely N-dealkylation sites (N-methyl/N-ethyl adjacent to an activating group) is 1. The van der Waals surface area contributed by atoms with Crippen molar-refractivity contribution < 1.29 is 4.39 Å². The Morgan fingerprint density at radius 1 is 1.42 bits per heavy atom. The number of thioether (sulfide) groups is 1. The van der Waals surface area contributed by atoms with E-state index in [1.807, 2.05) is 13.1 Å². The largest absolute Gasteiger partial charge is 0.317 e. The highest BCUT2D eigenvalue weighted by Crippen LogP contribution is 2.27. The molecule has 0 aliphatic carbocycles. The van der Waals surface area contributed by atoms with Gasteiger partial charge in [-0.1, -0.05) is 15.9 Å². The molecule has 0 aromatic heterocycles. The summed E-state index contributed by atoms with van der Waals surface area (Å²) >= 11 is 5.47. The van der Waals surface area contributed by atoms with Crippen LogP contribution in [-0.2, 0) is 6.42 Å². The smallest absolute Gasteiger partial charge is 0.126 e. The van der Waals surface area contributed by atoms with Gasteiger partial charge < -0.3 is 5.32 Å². The van der Waals surface area contributed by atoms with Crippen molar-refractivity contribution >= 4 is 27.7 Å². The third-order valence-electron chi connectivity index (χ3n) is 3.84. The molecule has 1 nitrogen and oxygen atoms in total. The Bertz CT molecular complexity index is 407. The number of nitrogens with one attached hydrogen (secondary N) is 1. The molecule has 0 spiro atoms. The standard InChI is InChI=1S/C15H21BrFNS/c1-18-14(8-11-4-6-19-7-5-11)10-12-9-13(16)2-3-15(12)17/h2-3,9,11,14,18H,4-8,10H2,1H3. The van der Waals surface area contributed by atoms with Crippen LogP contribution >= 0.6 is 27.7 Å². The molecular formula is C15H21BrFNS. The average molecular weight is 346 g/mol. The molecule has 1 heterocycles. The third-order valence-corrected chi connectivity index (χ3v) is 5.38. The van der Waals surface area contributed by atoms with Crippen molar-refractivity contribution in [2.45, 2.75) is 31.7 Å². The summed E-state index contributed by atoms with van der Waals surface area (Å²) in [6.45, 7) is 0. The van der Waals surface area contributed by atoms with Crippen molar-refractivity contribution in [1.82, 2.24) is 5.32 Å². The van der Waals surface area contributed by atoms with E-state index in [0.29, 0.717) is 6.04 Å². The van der Waals surface area contributed by atoms with Crippen LogP contribution in [0, 0.1) is 11.7 Å². The molecule has 1 fully saturated rings. The van der Waals surface area contributed by atoms with Crippen LogP contribution in [0.2, 0.25) is 0 Å². The lowest BCUT2D eigenvalue weighted by molar-refractivity contribution is 0.373. The second kappa shape index (κ2) is 7.65. The van der Waals surface area contributed by atoms with E-state index < -0.39 is 0 Å². The van der Waals surface area contributed by atoms with Crippen LogP contribution in [-0.4, -0.2) is 24.6 Å². The molecular weight excluding hydrogens is 325 g/mol. The lowest BCUT2D eigenvalue weighted by atomic mass is 9.91. The van der Waals surface area contributed by atoms with E-state index in [0.717, 1.165) is 28.8 Å². The van der Waals surface area contributed by atoms with Crippen LogP contribution in [0.3, 0.4) is 0 Å². The fraction of sp³-hybridized carbons (Fsp3) is 0.600. The van der Waals surface area contributed by atoms with E-state index in [9.17, 15) is 4.39 Å². The molecule has 0 amide bonds. The van der Waals surface area contributed by atoms with Gasteiger partial charge in [0.25, 0.3) is 0 Å². The molecule has 2 rings (SSSR count). The Kier molecular flexibility index (Phi) is 6.17. The van der Waals surface area contributed by atoms with Crippen molar-refractivity contribution in [3.63, 3.8) is 0 Å². The summed E-state index contributed by atoms with van der Waals surface area (Å²) in [5.41, 5.74) is 0.805. The van der Waals surface area contributed by atoms with E-state index in [4.69, 9.17) is 0 Å². The van der Waals surface area contributed by atoms with Gasteiger partial charge in [0, 0.05) is 10.5 Å². The number of rotatable bonds is 5. The molecule has 1 aromatic rings. The zero-order valence-electron chi connectivity index (χ0n) is 11.3. The quantitative estimate of drug-likeness (QED) is 0.855. The first-order valence-electron chi connectivity index (χ1n) is 6.88. The lowest BCUT2D eigenvalue weighted by Gasteiger charge is -2.26. The Balaban J connectivity index is 1.95. The Hall–Kier alpha value is -0.0600. The first kappa shape index (κ1) is 15.3. The van der Waals surface area contributed by atoms with Crippen LogP contribution in [0.5, 0.6) is 0 Å². The highest BCUT2D eigenvalue weighted by atomic mass is 79.9. The lowest BCUT2D eigenvalue weighted by Crippen LogP contribution is -2.31. The topological polar surface area (TPSA) is 12.0 Å². The van der Waals surface area contributed by atoms with Gasteiger partial charge in [0.15, 0.2) is 0 Å². The van der Waals surface area contributed by atoms with E-state index in [1.54, 1.807) is 12.1 Å². The van der Waals surface area contributed by atoms with Crippen molar-refractivity contribution in [3.8, 4) is 0 Å². The first-order chi connectivity index (χ1) is 9.19. The molecule has 106 valence electrons. The van der Waals surface area contributed by atoms with Crippen molar-refractivity contribution in [3.05, 3.63) is 34.1 Å². The maximum Gasteiger partial charge on any atom is 0.126 e. The zero-order valence-corrected chi connectivity index (χ0v) is 13.7. The maximum absolute atomic E-state index is 13.8. The van der Waals surface area contributed by atoms with Gasteiger partial charge in [-0.2, -0.15) is 11.8 Å². The minimum atomic E-state index is -0.0948. The van der Waals surface area contributed by atoms with Crippen molar-refractivity contribution in [1.29, 1.82) is 0 Å². The van der Waals surface area contributed by atoms with Crippen LogP contribution in [0.1, 0.15) is 24.8 Å². The third kappa shape index (κ3) is 4.76. The molecule has 1 aromatic carbocycles. The van der Waals surface area contributed by atoms with Gasteiger partial charge in [-0.15, -0.1) is 0 Å². The predicted octanol–water partition coefficient (Wildman–Crippen LogP) is 4.25. The van der Waals surface area contributed by atoms with Crippen LogP contribution in [0.15, 0.2) is 22.7 Å². The number of halogens is 2. The van der Waals surface area contributed by atoms with Gasteiger partial charge in [-0.3, -0.25) is 0 Å². The highest BCUT2D eigenvalue weighted by molar-refractivity contribution is 9.10. The van der Waals surface area contributed by atoms with Gasteiger partial charge >= 0.3 is 0 Å². The molecule has 1 N–H and O–H groups in total. The molecule has 0 radical (unpaired) electrons. The molecule has 0 bridgehead atoms. The molecule has 1 aliphatic rings. The molecule has 19 heavy (non-hydrogen) atoms. The number of hydrogen-bond donors (Lipinski definition) is 1. The minimum Gasteiger partial charge on any atom is -0.317 e. The second-order valence-corrected chi connectivity index (χ2v) is 7.36. The SMILES string of the molecule is CNC(Cc1cc(Br)ccc1F)CC1CCSCC1. The van der Waals surface area contributed by atoms with E-state index >= 15 is 0 Å². The summed E-state index contributed by atoms with van der Waals surface area (Å²) in [7, 11) is 1.98. The van der Waals surface area contributed by atoms with Crippen LogP contribution < -0.4 is 5.32 Å². The molecule has 1 saturated heterocycles. The summed E-state index contributed by atoms with van der Waals surface area (Å²) < 4.78 is 14.7. The Morgan fingerprint density at radius 2 is 2.16 bits per heavy atom. The monoisotopic (exact) mass is 345 g/mol. The van der Waals surface area contributed by atoms with Gasteiger partial charge in [-0.25, -0.2) is 4.39 Å². The van der Waals surface area contributed by atoms with Gasteiger partial charge in [0.2, 0.25) is 0 Å². The van der Waals surface area contributed by atoms with Gasteiger partial charge in [0.1, 0.15) is 5.82 Å². The average Bonchev–Trinajstić information content (AvgIpc) is 2.43. The molecule has 0 saturated carbocycles. The minimum absolute atomic E-state index is 0.0948. The van der Waals surface area contributed by atoms with Crippen molar-refractivity contribution in [2.75, 3.05) is 18.6 Å². The predicted molar refractivity (Wildman–Crippen MR) is 85.3 cm³/mol. The summed E-state index contributed by atoms with van der Waals surface area (Å²) in [4.78, 5) is 0. The normalized spacial score (nSPS) is 18.5. The van der Waals surface area contributed by atoms with E-state index in [1.165, 1.54) is 24.3 Å². The summed E-state index contributed by atoms with van der Waals surface area (Å²) in [6.07, 6.45) is 4.54. The second-order valence-electron chi connectivity index (χ2n) is 5.22. The fourth-order valence-electron chi connectivity index (χ4n) is 2.65. The van der Waals surface area contributed by atoms with E-state index in [2.05, 4.69) is 33.0 Å². The van der Waals surface area contributed by atoms with Crippen LogP contribution in [0.25, 0.3) is 0 Å². The van der Waals surface area contributed by atoms with Crippen molar-refractivity contribution in [2.24, 2.45) is 5.92 Å². The Labute approximate surface area is 127 Å². The number of benzene rings is 1. The molecule has 1 aliphatic heterocycles. The van der Waals surface area contributed by atoms with Gasteiger partial charge in [0.05, 0.1) is 0 Å². The molecule has 1 unspecified atom stereocenters. The summed E-state index contributed by atoms with van der Waals surface area (Å²) in [5, 5.41) is 3.36. The number of hydrogen-bond acceptors (Lipinski definition) is 2. The first-order valence-corrected chi connectivity index (χ1v) is 8.82. The van der Waals surface area contributed by atoms with Gasteiger partial charge in [-0.05, 0) is 73.9 Å². The summed E-state index contributed by atoms with van der Waals surface area (Å²) in [6, 6.07) is 5.57. The molecule has 4 heteroatoms. The molecule has 1 atom stereocenters. The van der Waals surface area contributed by atoms with Crippen LogP contribution in [0.4, 0.5) is 4.39 Å². The Morgan fingerprint density at radius 3 is 2.84 bits per heavy atom. The highest BCUT2D eigenvalue weighted by Gasteiger charge is 2.19. The maximum atomic E-state index is 13.8. The fourth-order valence-corrected chi connectivity index (χ4v) is 4.27. The zero-order chi connectivity index (χ0) is 13.7. The van der Waals surface area contributed by atoms with E-state index in [-0.39, 0.29) is 5.82 Å². The summed E-state index contributed by atoms with van der Waals surface area (Å²) in [5.74, 6) is 3.27.